The van der Waals surface area contributed by atoms with Gasteiger partial charge in [-0.05, 0) is 31.6 Å². The summed E-state index contributed by atoms with van der Waals surface area (Å²) in [5.41, 5.74) is 5.86. The van der Waals surface area contributed by atoms with Crippen LogP contribution in [0.15, 0.2) is 0 Å². The van der Waals surface area contributed by atoms with Crippen molar-refractivity contribution in [1.82, 2.24) is 4.90 Å². The Balaban J connectivity index is 2.22. The van der Waals surface area contributed by atoms with Crippen molar-refractivity contribution in [2.45, 2.75) is 63.8 Å². The Kier molecular flexibility index (Phi) is 4.91. The standard InChI is InChI=1S/C14H22N2O2S/c15-14(19)13(10-6-2-1-3-7-10)16-11(17)8-4-5-9-12(16)18/h10,13H,1-9H2,(H2,15,19). The minimum Gasteiger partial charge on any atom is -0.392 e. The summed E-state index contributed by atoms with van der Waals surface area (Å²) in [6.07, 6.45) is 7.99. The molecule has 106 valence electrons. The van der Waals surface area contributed by atoms with Gasteiger partial charge in [0, 0.05) is 12.8 Å². The van der Waals surface area contributed by atoms with Crippen molar-refractivity contribution < 1.29 is 9.59 Å². The summed E-state index contributed by atoms with van der Waals surface area (Å²) in [7, 11) is 0. The van der Waals surface area contributed by atoms with E-state index in [9.17, 15) is 9.59 Å². The van der Waals surface area contributed by atoms with E-state index in [0.29, 0.717) is 17.8 Å². The molecule has 1 aliphatic carbocycles. The minimum absolute atomic E-state index is 0.0918. The lowest BCUT2D eigenvalue weighted by Crippen LogP contribution is -2.53. The number of nitrogens with two attached hydrogens (primary N) is 1. The van der Waals surface area contributed by atoms with Gasteiger partial charge in [-0.15, -0.1) is 0 Å². The van der Waals surface area contributed by atoms with E-state index in [1.807, 2.05) is 0 Å². The number of hydrogen-bond donors (Lipinski definition) is 1. The first-order valence-electron chi connectivity index (χ1n) is 7.25. The molecule has 0 aromatic rings. The fourth-order valence-corrected chi connectivity index (χ4v) is 3.56. The van der Waals surface area contributed by atoms with E-state index in [0.717, 1.165) is 38.5 Å². The SMILES string of the molecule is NC(=S)C(C1CCCCC1)N1C(=O)CCCCC1=O. The molecular formula is C14H22N2O2S. The molecule has 5 heteroatoms. The lowest BCUT2D eigenvalue weighted by molar-refractivity contribution is -0.146. The van der Waals surface area contributed by atoms with Gasteiger partial charge in [-0.3, -0.25) is 14.5 Å². The van der Waals surface area contributed by atoms with E-state index in [1.165, 1.54) is 11.3 Å². The number of rotatable bonds is 3. The van der Waals surface area contributed by atoms with E-state index in [4.69, 9.17) is 18.0 Å². The molecule has 0 spiro atoms. The quantitative estimate of drug-likeness (QED) is 0.636. The first-order valence-corrected chi connectivity index (χ1v) is 7.66. The zero-order valence-electron chi connectivity index (χ0n) is 11.3. The van der Waals surface area contributed by atoms with Crippen LogP contribution in [-0.4, -0.2) is 27.7 Å². The van der Waals surface area contributed by atoms with Crippen molar-refractivity contribution in [2.75, 3.05) is 0 Å². The zero-order chi connectivity index (χ0) is 13.8. The Labute approximate surface area is 119 Å². The van der Waals surface area contributed by atoms with Crippen LogP contribution in [0.2, 0.25) is 0 Å². The predicted molar refractivity (Wildman–Crippen MR) is 77.5 cm³/mol. The largest absolute Gasteiger partial charge is 0.392 e. The van der Waals surface area contributed by atoms with Crippen LogP contribution in [-0.2, 0) is 9.59 Å². The first-order chi connectivity index (χ1) is 9.11. The first kappa shape index (κ1) is 14.4. The van der Waals surface area contributed by atoms with Gasteiger partial charge in [-0.25, -0.2) is 0 Å². The second-order valence-electron chi connectivity index (χ2n) is 5.61. The maximum absolute atomic E-state index is 12.2. The van der Waals surface area contributed by atoms with Gasteiger partial charge in [0.25, 0.3) is 0 Å². The molecule has 1 atom stereocenters. The van der Waals surface area contributed by atoms with Gasteiger partial charge in [0.2, 0.25) is 11.8 Å². The fraction of sp³-hybridized carbons (Fsp3) is 0.786. The number of carbonyl (C=O) groups is 2. The van der Waals surface area contributed by atoms with Crippen LogP contribution < -0.4 is 5.73 Å². The van der Waals surface area contributed by atoms with E-state index in [-0.39, 0.29) is 23.8 Å². The number of carbonyl (C=O) groups excluding carboxylic acids is 2. The Hall–Kier alpha value is -0.970. The third kappa shape index (κ3) is 3.32. The van der Waals surface area contributed by atoms with Crippen molar-refractivity contribution in [3.05, 3.63) is 0 Å². The predicted octanol–water partition coefficient (Wildman–Crippen LogP) is 2.15. The molecule has 0 bridgehead atoms. The second kappa shape index (κ2) is 6.46. The van der Waals surface area contributed by atoms with Gasteiger partial charge in [-0.1, -0.05) is 31.5 Å². The summed E-state index contributed by atoms with van der Waals surface area (Å²) in [6, 6.07) is -0.353. The van der Waals surface area contributed by atoms with Gasteiger partial charge in [0.15, 0.2) is 0 Å². The molecule has 2 amide bonds. The van der Waals surface area contributed by atoms with Crippen LogP contribution in [0.1, 0.15) is 57.8 Å². The monoisotopic (exact) mass is 282 g/mol. The van der Waals surface area contributed by atoms with E-state index < -0.39 is 0 Å². The smallest absolute Gasteiger partial charge is 0.229 e. The van der Waals surface area contributed by atoms with Crippen LogP contribution in [0, 0.1) is 5.92 Å². The normalized spacial score (nSPS) is 24.1. The highest BCUT2D eigenvalue weighted by molar-refractivity contribution is 7.80. The minimum atomic E-state index is -0.353. The van der Waals surface area contributed by atoms with Crippen molar-refractivity contribution in [2.24, 2.45) is 11.7 Å². The Morgan fingerprint density at radius 3 is 2.05 bits per heavy atom. The van der Waals surface area contributed by atoms with Gasteiger partial charge in [-0.2, -0.15) is 0 Å². The molecule has 2 fully saturated rings. The number of nitrogens with zero attached hydrogens (tertiary/aromatic N) is 1. The Bertz CT molecular complexity index is 360. The molecule has 4 nitrogen and oxygen atoms in total. The summed E-state index contributed by atoms with van der Waals surface area (Å²) in [6.45, 7) is 0. The average molecular weight is 282 g/mol. The van der Waals surface area contributed by atoms with E-state index in [2.05, 4.69) is 0 Å². The van der Waals surface area contributed by atoms with Crippen molar-refractivity contribution in [3.8, 4) is 0 Å². The molecule has 0 aromatic carbocycles. The molecule has 1 saturated carbocycles. The molecule has 0 radical (unpaired) electrons. The summed E-state index contributed by atoms with van der Waals surface area (Å²) in [4.78, 5) is 26.1. The van der Waals surface area contributed by atoms with Crippen LogP contribution in [0.4, 0.5) is 0 Å². The molecule has 2 N–H and O–H groups in total. The number of thiocarbonyl (C=S) groups is 1. The molecule has 0 aromatic heterocycles. The molecule has 19 heavy (non-hydrogen) atoms. The van der Waals surface area contributed by atoms with Crippen LogP contribution in [0.25, 0.3) is 0 Å². The van der Waals surface area contributed by atoms with E-state index in [1.54, 1.807) is 0 Å². The van der Waals surface area contributed by atoms with Crippen molar-refractivity contribution in [3.63, 3.8) is 0 Å². The summed E-state index contributed by atoms with van der Waals surface area (Å²) in [5.74, 6) is 0.0778. The second-order valence-corrected chi connectivity index (χ2v) is 6.08. The fourth-order valence-electron chi connectivity index (χ4n) is 3.26. The van der Waals surface area contributed by atoms with Crippen LogP contribution >= 0.6 is 12.2 Å². The Morgan fingerprint density at radius 2 is 1.58 bits per heavy atom. The number of imide groups is 1. The highest BCUT2D eigenvalue weighted by atomic mass is 32.1. The van der Waals surface area contributed by atoms with Gasteiger partial charge >= 0.3 is 0 Å². The number of hydrogen-bond acceptors (Lipinski definition) is 3. The molecule has 1 saturated heterocycles. The van der Waals surface area contributed by atoms with Crippen molar-refractivity contribution in [1.29, 1.82) is 0 Å². The molecule has 1 aliphatic heterocycles. The zero-order valence-corrected chi connectivity index (χ0v) is 12.1. The highest BCUT2D eigenvalue weighted by Crippen LogP contribution is 2.31. The number of likely N-dealkylation sites (tertiary alicyclic amines) is 1. The molecule has 2 aliphatic rings. The lowest BCUT2D eigenvalue weighted by Gasteiger charge is -2.36. The Morgan fingerprint density at radius 1 is 1.05 bits per heavy atom. The molecule has 1 unspecified atom stereocenters. The molecular weight excluding hydrogens is 260 g/mol. The molecule has 1 heterocycles. The van der Waals surface area contributed by atoms with Crippen LogP contribution in [0.5, 0.6) is 0 Å². The maximum Gasteiger partial charge on any atom is 0.229 e. The van der Waals surface area contributed by atoms with Crippen LogP contribution in [0.3, 0.4) is 0 Å². The number of amides is 2. The maximum atomic E-state index is 12.2. The average Bonchev–Trinajstić information content (AvgIpc) is 2.55. The lowest BCUT2D eigenvalue weighted by atomic mass is 9.83. The van der Waals surface area contributed by atoms with Gasteiger partial charge < -0.3 is 5.73 Å². The van der Waals surface area contributed by atoms with Gasteiger partial charge in [0.1, 0.15) is 0 Å². The third-order valence-corrected chi connectivity index (χ3v) is 4.48. The van der Waals surface area contributed by atoms with Crippen molar-refractivity contribution >= 4 is 29.0 Å². The summed E-state index contributed by atoms with van der Waals surface area (Å²) in [5, 5.41) is 0. The summed E-state index contributed by atoms with van der Waals surface area (Å²) >= 11 is 5.16. The third-order valence-electron chi connectivity index (χ3n) is 4.23. The molecule has 2 rings (SSSR count). The van der Waals surface area contributed by atoms with E-state index >= 15 is 0 Å². The summed E-state index contributed by atoms with van der Waals surface area (Å²) < 4.78 is 0. The van der Waals surface area contributed by atoms with Gasteiger partial charge in [0.05, 0.1) is 11.0 Å². The topological polar surface area (TPSA) is 63.4 Å². The highest BCUT2D eigenvalue weighted by Gasteiger charge is 2.37.